The number of hydrogen-bond acceptors (Lipinski definition) is 2. The van der Waals surface area contributed by atoms with Gasteiger partial charge in [0.05, 0.1) is 6.10 Å². The highest BCUT2D eigenvalue weighted by Gasteiger charge is 2.58. The van der Waals surface area contributed by atoms with Crippen LogP contribution in [-0.2, 0) is 4.74 Å². The lowest BCUT2D eigenvalue weighted by Crippen LogP contribution is -2.68. The van der Waals surface area contributed by atoms with Gasteiger partial charge in [0.25, 0.3) is 0 Å². The van der Waals surface area contributed by atoms with Gasteiger partial charge in [-0.15, -0.1) is 0 Å². The van der Waals surface area contributed by atoms with Crippen molar-refractivity contribution in [1.82, 2.24) is 5.32 Å². The molecule has 0 bridgehead atoms. The van der Waals surface area contributed by atoms with Crippen LogP contribution in [0.4, 0.5) is 0 Å². The van der Waals surface area contributed by atoms with Gasteiger partial charge in [0.2, 0.25) is 0 Å². The third-order valence-electron chi connectivity index (χ3n) is 5.23. The Labute approximate surface area is 99.1 Å². The molecule has 3 aliphatic rings. The Morgan fingerprint density at radius 1 is 1.19 bits per heavy atom. The van der Waals surface area contributed by atoms with Crippen LogP contribution < -0.4 is 5.32 Å². The molecule has 2 nitrogen and oxygen atoms in total. The summed E-state index contributed by atoms with van der Waals surface area (Å²) >= 11 is 0. The lowest BCUT2D eigenvalue weighted by molar-refractivity contribution is -0.174. The Hall–Kier alpha value is -0.0800. The molecule has 92 valence electrons. The third kappa shape index (κ3) is 1.62. The lowest BCUT2D eigenvalue weighted by Gasteiger charge is -2.61. The summed E-state index contributed by atoms with van der Waals surface area (Å²) in [6, 6.07) is 1.60. The first-order valence-corrected chi connectivity index (χ1v) is 7.23. The summed E-state index contributed by atoms with van der Waals surface area (Å²) in [5.74, 6) is 0. The Morgan fingerprint density at radius 2 is 1.94 bits per heavy atom. The molecule has 0 radical (unpaired) electrons. The summed E-state index contributed by atoms with van der Waals surface area (Å²) in [4.78, 5) is 0. The van der Waals surface area contributed by atoms with Crippen molar-refractivity contribution in [1.29, 1.82) is 0 Å². The van der Waals surface area contributed by atoms with Crippen molar-refractivity contribution in [3.63, 3.8) is 0 Å². The van der Waals surface area contributed by atoms with Crippen LogP contribution in [0.1, 0.15) is 58.3 Å². The van der Waals surface area contributed by atoms with E-state index in [9.17, 15) is 0 Å². The molecular weight excluding hydrogens is 198 g/mol. The number of hydrogen-bond donors (Lipinski definition) is 1. The molecular formula is C14H25NO. The van der Waals surface area contributed by atoms with Crippen molar-refractivity contribution in [3.8, 4) is 0 Å². The van der Waals surface area contributed by atoms with Crippen LogP contribution in [-0.4, -0.2) is 24.8 Å². The van der Waals surface area contributed by atoms with Crippen LogP contribution in [0.5, 0.6) is 0 Å². The Kier molecular flexibility index (Phi) is 2.97. The van der Waals surface area contributed by atoms with Crippen molar-refractivity contribution >= 4 is 0 Å². The molecule has 0 aliphatic heterocycles. The first kappa shape index (κ1) is 11.0. The second-order valence-electron chi connectivity index (χ2n) is 5.97. The smallest absolute Gasteiger partial charge is 0.0661 e. The normalized spacial score (nSPS) is 37.3. The van der Waals surface area contributed by atoms with Gasteiger partial charge in [-0.1, -0.05) is 19.3 Å². The summed E-state index contributed by atoms with van der Waals surface area (Å²) in [5.41, 5.74) is 0.554. The maximum atomic E-state index is 5.89. The monoisotopic (exact) mass is 223 g/mol. The second kappa shape index (κ2) is 4.30. The zero-order chi connectivity index (χ0) is 11.0. The van der Waals surface area contributed by atoms with Gasteiger partial charge in [-0.05, 0) is 39.0 Å². The molecule has 0 aromatic rings. The van der Waals surface area contributed by atoms with Crippen LogP contribution in [0, 0.1) is 5.41 Å². The Bertz CT molecular complexity index is 243. The number of rotatable bonds is 4. The molecule has 1 N–H and O–H groups in total. The zero-order valence-electron chi connectivity index (χ0n) is 10.5. The summed E-state index contributed by atoms with van der Waals surface area (Å²) in [6.07, 6.45) is 11.8. The van der Waals surface area contributed by atoms with E-state index in [0.717, 1.165) is 18.7 Å². The average molecular weight is 223 g/mol. The molecule has 3 saturated carbocycles. The van der Waals surface area contributed by atoms with Crippen LogP contribution in [0.25, 0.3) is 0 Å². The van der Waals surface area contributed by atoms with E-state index in [4.69, 9.17) is 4.74 Å². The van der Waals surface area contributed by atoms with E-state index in [1.807, 2.05) is 0 Å². The zero-order valence-corrected chi connectivity index (χ0v) is 10.5. The summed E-state index contributed by atoms with van der Waals surface area (Å²) in [6.45, 7) is 3.02. The highest BCUT2D eigenvalue weighted by molar-refractivity contribution is 5.12. The molecule has 2 atom stereocenters. The minimum absolute atomic E-state index is 0.554. The van der Waals surface area contributed by atoms with E-state index < -0.39 is 0 Å². The van der Waals surface area contributed by atoms with E-state index in [-0.39, 0.29) is 0 Å². The Morgan fingerprint density at radius 3 is 2.50 bits per heavy atom. The number of nitrogens with one attached hydrogen (secondary N) is 1. The molecule has 3 aliphatic carbocycles. The Balaban J connectivity index is 1.56. The van der Waals surface area contributed by atoms with E-state index in [2.05, 4.69) is 12.2 Å². The first-order chi connectivity index (χ1) is 7.85. The van der Waals surface area contributed by atoms with Gasteiger partial charge < -0.3 is 10.1 Å². The largest absolute Gasteiger partial charge is 0.378 e. The molecule has 0 aromatic carbocycles. The van der Waals surface area contributed by atoms with Gasteiger partial charge >= 0.3 is 0 Å². The highest BCUT2D eigenvalue weighted by Crippen LogP contribution is 2.57. The van der Waals surface area contributed by atoms with Crippen LogP contribution in [0.3, 0.4) is 0 Å². The fraction of sp³-hybridized carbons (Fsp3) is 1.00. The molecule has 2 heteroatoms. The fourth-order valence-corrected chi connectivity index (χ4v) is 4.05. The second-order valence-corrected chi connectivity index (χ2v) is 5.97. The van der Waals surface area contributed by atoms with Crippen molar-refractivity contribution in [3.05, 3.63) is 0 Å². The number of ether oxygens (including phenoxy) is 1. The molecule has 0 saturated heterocycles. The molecule has 3 fully saturated rings. The molecule has 0 heterocycles. The van der Waals surface area contributed by atoms with Gasteiger partial charge in [0.1, 0.15) is 0 Å². The van der Waals surface area contributed by atoms with E-state index in [1.165, 1.54) is 51.4 Å². The maximum Gasteiger partial charge on any atom is 0.0661 e. The molecule has 0 amide bonds. The summed E-state index contributed by atoms with van der Waals surface area (Å²) in [7, 11) is 0. The van der Waals surface area contributed by atoms with Crippen molar-refractivity contribution in [2.45, 2.75) is 76.5 Å². The standard InChI is InChI=1S/C14H25NO/c1-2-16-13-10-12(14(13)8-5-9-14)15-11-6-3-4-7-11/h11-13,15H,2-10H2,1H3. The van der Waals surface area contributed by atoms with E-state index in [0.29, 0.717) is 11.5 Å². The van der Waals surface area contributed by atoms with Gasteiger partial charge in [0.15, 0.2) is 0 Å². The van der Waals surface area contributed by atoms with Crippen LogP contribution >= 0.6 is 0 Å². The van der Waals surface area contributed by atoms with Gasteiger partial charge in [0, 0.05) is 24.1 Å². The first-order valence-electron chi connectivity index (χ1n) is 7.23. The van der Waals surface area contributed by atoms with E-state index >= 15 is 0 Å². The SMILES string of the molecule is CCOC1CC(NC2CCCC2)C12CCC2. The van der Waals surface area contributed by atoms with Gasteiger partial charge in [-0.25, -0.2) is 0 Å². The predicted molar refractivity (Wildman–Crippen MR) is 65.5 cm³/mol. The summed E-state index contributed by atoms with van der Waals surface area (Å²) in [5, 5.41) is 3.92. The average Bonchev–Trinajstić information content (AvgIpc) is 2.66. The highest BCUT2D eigenvalue weighted by atomic mass is 16.5. The molecule has 1 spiro atoms. The molecule has 3 rings (SSSR count). The fourth-order valence-electron chi connectivity index (χ4n) is 4.05. The molecule has 16 heavy (non-hydrogen) atoms. The third-order valence-corrected chi connectivity index (χ3v) is 5.23. The lowest BCUT2D eigenvalue weighted by atomic mass is 9.51. The van der Waals surface area contributed by atoms with Crippen molar-refractivity contribution < 1.29 is 4.74 Å². The minimum atomic E-state index is 0.554. The van der Waals surface area contributed by atoms with Gasteiger partial charge in [-0.2, -0.15) is 0 Å². The van der Waals surface area contributed by atoms with Crippen molar-refractivity contribution in [2.24, 2.45) is 5.41 Å². The van der Waals surface area contributed by atoms with Crippen LogP contribution in [0.2, 0.25) is 0 Å². The van der Waals surface area contributed by atoms with Crippen molar-refractivity contribution in [2.75, 3.05) is 6.61 Å². The van der Waals surface area contributed by atoms with Gasteiger partial charge in [-0.3, -0.25) is 0 Å². The predicted octanol–water partition coefficient (Wildman–Crippen LogP) is 2.87. The topological polar surface area (TPSA) is 21.3 Å². The van der Waals surface area contributed by atoms with Crippen LogP contribution in [0.15, 0.2) is 0 Å². The maximum absolute atomic E-state index is 5.89. The van der Waals surface area contributed by atoms with E-state index in [1.54, 1.807) is 0 Å². The molecule has 0 aromatic heterocycles. The summed E-state index contributed by atoms with van der Waals surface area (Å²) < 4.78 is 5.89. The molecule has 2 unspecified atom stereocenters. The quantitative estimate of drug-likeness (QED) is 0.791. The minimum Gasteiger partial charge on any atom is -0.378 e.